The van der Waals surface area contributed by atoms with Gasteiger partial charge in [-0.1, -0.05) is 39.7 Å². The summed E-state index contributed by atoms with van der Waals surface area (Å²) in [6, 6.07) is 10.1. The summed E-state index contributed by atoms with van der Waals surface area (Å²) >= 11 is 9.61. The van der Waals surface area contributed by atoms with E-state index < -0.39 is 5.54 Å². The van der Waals surface area contributed by atoms with Gasteiger partial charge in [-0.15, -0.1) is 0 Å². The molecule has 0 spiro atoms. The van der Waals surface area contributed by atoms with Crippen LogP contribution in [0.25, 0.3) is 0 Å². The van der Waals surface area contributed by atoms with Gasteiger partial charge in [0.1, 0.15) is 5.82 Å². The number of hydrogen-bond donors (Lipinski definition) is 1. The molecule has 1 unspecified atom stereocenters. The normalized spacial score (nSPS) is 14.2. The number of hydrogen-bond acceptors (Lipinski definition) is 1. The topological polar surface area (TPSA) is 26.0 Å². The Kier molecular flexibility index (Phi) is 4.00. The van der Waals surface area contributed by atoms with Crippen LogP contribution in [0.5, 0.6) is 0 Å². The zero-order chi connectivity index (χ0) is 14.2. The molecule has 0 aliphatic carbocycles. The average Bonchev–Trinajstić information content (AvgIpc) is 2.31. The molecule has 2 aromatic carbocycles. The lowest BCUT2D eigenvalue weighted by Gasteiger charge is -2.28. The number of rotatable bonds is 2. The molecular formula is C15H14BrClFN. The first-order valence-electron chi connectivity index (χ1n) is 5.83. The molecule has 1 nitrogen and oxygen atoms in total. The lowest BCUT2D eigenvalue weighted by atomic mass is 9.83. The summed E-state index contributed by atoms with van der Waals surface area (Å²) in [5, 5.41) is 0.558. The van der Waals surface area contributed by atoms with E-state index in [1.807, 2.05) is 26.0 Å². The number of aryl methyl sites for hydroxylation is 1. The Balaban J connectivity index is 2.61. The summed E-state index contributed by atoms with van der Waals surface area (Å²) in [6.45, 7) is 3.75. The Labute approximate surface area is 125 Å². The van der Waals surface area contributed by atoms with Gasteiger partial charge in [-0.2, -0.15) is 0 Å². The Morgan fingerprint density at radius 3 is 2.47 bits per heavy atom. The minimum absolute atomic E-state index is 0.300. The fraction of sp³-hybridized carbons (Fsp3) is 0.200. The minimum Gasteiger partial charge on any atom is -0.318 e. The van der Waals surface area contributed by atoms with Gasteiger partial charge >= 0.3 is 0 Å². The molecule has 0 radical (unpaired) electrons. The summed E-state index contributed by atoms with van der Waals surface area (Å²) in [6.07, 6.45) is 0. The highest BCUT2D eigenvalue weighted by Crippen LogP contribution is 2.35. The van der Waals surface area contributed by atoms with Gasteiger partial charge in [-0.25, -0.2) is 4.39 Å². The second-order valence-corrected chi connectivity index (χ2v) is 6.11. The molecule has 2 rings (SSSR count). The first-order chi connectivity index (χ1) is 8.82. The molecule has 0 fully saturated rings. The summed E-state index contributed by atoms with van der Waals surface area (Å²) in [7, 11) is 0. The number of nitrogens with two attached hydrogens (primary N) is 1. The summed E-state index contributed by atoms with van der Waals surface area (Å²) < 4.78 is 14.3. The van der Waals surface area contributed by atoms with Crippen molar-refractivity contribution in [1.29, 1.82) is 0 Å². The SMILES string of the molecule is Cc1ccc(F)cc1C(C)(N)c1ccc(Br)cc1Cl. The van der Waals surface area contributed by atoms with Crippen LogP contribution in [-0.2, 0) is 5.54 Å². The second kappa shape index (κ2) is 5.23. The first-order valence-corrected chi connectivity index (χ1v) is 7.00. The van der Waals surface area contributed by atoms with Gasteiger partial charge in [0, 0.05) is 9.50 Å². The minimum atomic E-state index is -0.843. The van der Waals surface area contributed by atoms with Crippen LogP contribution in [-0.4, -0.2) is 0 Å². The van der Waals surface area contributed by atoms with Gasteiger partial charge in [0.25, 0.3) is 0 Å². The summed E-state index contributed by atoms with van der Waals surface area (Å²) in [5.74, 6) is -0.300. The van der Waals surface area contributed by atoms with Crippen molar-refractivity contribution in [2.45, 2.75) is 19.4 Å². The van der Waals surface area contributed by atoms with Crippen molar-refractivity contribution in [3.63, 3.8) is 0 Å². The Hall–Kier alpha value is -0.900. The molecule has 0 aliphatic rings. The van der Waals surface area contributed by atoms with Gasteiger partial charge in [0.15, 0.2) is 0 Å². The Morgan fingerprint density at radius 2 is 1.84 bits per heavy atom. The quantitative estimate of drug-likeness (QED) is 0.835. The molecule has 19 heavy (non-hydrogen) atoms. The maximum atomic E-state index is 13.5. The molecule has 0 aliphatic heterocycles. The largest absolute Gasteiger partial charge is 0.318 e. The molecule has 0 saturated heterocycles. The highest BCUT2D eigenvalue weighted by atomic mass is 79.9. The van der Waals surface area contributed by atoms with Crippen LogP contribution in [0.3, 0.4) is 0 Å². The molecule has 100 valence electrons. The van der Waals surface area contributed by atoms with E-state index in [9.17, 15) is 4.39 Å². The van der Waals surface area contributed by atoms with Crippen LogP contribution in [0.1, 0.15) is 23.6 Å². The molecule has 0 bridgehead atoms. The lowest BCUT2D eigenvalue weighted by molar-refractivity contribution is 0.578. The fourth-order valence-electron chi connectivity index (χ4n) is 2.21. The smallest absolute Gasteiger partial charge is 0.123 e. The van der Waals surface area contributed by atoms with Crippen molar-refractivity contribution < 1.29 is 4.39 Å². The Morgan fingerprint density at radius 1 is 1.16 bits per heavy atom. The van der Waals surface area contributed by atoms with Crippen molar-refractivity contribution in [3.05, 3.63) is 68.4 Å². The van der Waals surface area contributed by atoms with E-state index in [1.165, 1.54) is 12.1 Å². The second-order valence-electron chi connectivity index (χ2n) is 4.79. The van der Waals surface area contributed by atoms with E-state index in [2.05, 4.69) is 15.9 Å². The van der Waals surface area contributed by atoms with E-state index in [0.717, 1.165) is 21.2 Å². The summed E-state index contributed by atoms with van der Waals surface area (Å²) in [5.41, 5.74) is 8.01. The molecule has 0 amide bonds. The van der Waals surface area contributed by atoms with Gasteiger partial charge < -0.3 is 5.73 Å². The predicted molar refractivity (Wildman–Crippen MR) is 80.9 cm³/mol. The van der Waals surface area contributed by atoms with Crippen LogP contribution in [0, 0.1) is 12.7 Å². The van der Waals surface area contributed by atoms with Crippen LogP contribution < -0.4 is 5.73 Å². The average molecular weight is 343 g/mol. The van der Waals surface area contributed by atoms with E-state index in [1.54, 1.807) is 12.1 Å². The zero-order valence-corrected chi connectivity index (χ0v) is 13.0. The van der Waals surface area contributed by atoms with E-state index >= 15 is 0 Å². The van der Waals surface area contributed by atoms with Crippen molar-refractivity contribution in [1.82, 2.24) is 0 Å². The molecule has 2 aromatic rings. The number of benzene rings is 2. The maximum absolute atomic E-state index is 13.5. The van der Waals surface area contributed by atoms with Crippen LogP contribution in [0.15, 0.2) is 40.9 Å². The molecule has 0 saturated carbocycles. The predicted octanol–water partition coefficient (Wildman–Crippen LogP) is 4.77. The molecule has 0 heterocycles. The van der Waals surface area contributed by atoms with Crippen molar-refractivity contribution in [3.8, 4) is 0 Å². The summed E-state index contributed by atoms with van der Waals surface area (Å²) in [4.78, 5) is 0. The third-order valence-corrected chi connectivity index (χ3v) is 4.06. The van der Waals surface area contributed by atoms with Gasteiger partial charge in [-0.05, 0) is 54.8 Å². The standard InChI is InChI=1S/C15H14BrClFN/c1-9-3-5-11(18)8-13(9)15(2,19)12-6-4-10(16)7-14(12)17/h3-8H,19H2,1-2H3. The van der Waals surface area contributed by atoms with Crippen molar-refractivity contribution in [2.24, 2.45) is 5.73 Å². The highest BCUT2D eigenvalue weighted by molar-refractivity contribution is 9.10. The third kappa shape index (κ3) is 2.83. The molecule has 4 heteroatoms. The zero-order valence-electron chi connectivity index (χ0n) is 10.7. The molecule has 0 aromatic heterocycles. The van der Waals surface area contributed by atoms with Crippen LogP contribution >= 0.6 is 27.5 Å². The monoisotopic (exact) mass is 341 g/mol. The van der Waals surface area contributed by atoms with Gasteiger partial charge in [-0.3, -0.25) is 0 Å². The highest BCUT2D eigenvalue weighted by Gasteiger charge is 2.28. The van der Waals surface area contributed by atoms with Crippen molar-refractivity contribution >= 4 is 27.5 Å². The van der Waals surface area contributed by atoms with Crippen LogP contribution in [0.4, 0.5) is 4.39 Å². The van der Waals surface area contributed by atoms with Crippen molar-refractivity contribution in [2.75, 3.05) is 0 Å². The molecule has 2 N–H and O–H groups in total. The van der Waals surface area contributed by atoms with E-state index in [-0.39, 0.29) is 5.82 Å². The fourth-order valence-corrected chi connectivity index (χ4v) is 3.08. The maximum Gasteiger partial charge on any atom is 0.123 e. The number of halogens is 3. The lowest BCUT2D eigenvalue weighted by Crippen LogP contribution is -2.35. The Bertz CT molecular complexity index is 626. The van der Waals surface area contributed by atoms with E-state index in [4.69, 9.17) is 17.3 Å². The van der Waals surface area contributed by atoms with Gasteiger partial charge in [0.2, 0.25) is 0 Å². The van der Waals surface area contributed by atoms with Gasteiger partial charge in [0.05, 0.1) is 5.54 Å². The van der Waals surface area contributed by atoms with Crippen LogP contribution in [0.2, 0.25) is 5.02 Å². The molecule has 1 atom stereocenters. The first kappa shape index (κ1) is 14.5. The third-order valence-electron chi connectivity index (χ3n) is 3.25. The molecular weight excluding hydrogens is 329 g/mol. The van der Waals surface area contributed by atoms with E-state index in [0.29, 0.717) is 5.02 Å².